The highest BCUT2D eigenvalue weighted by molar-refractivity contribution is 5.83. The van der Waals surface area contributed by atoms with Gasteiger partial charge in [0.1, 0.15) is 11.9 Å². The molecule has 21 heavy (non-hydrogen) atoms. The van der Waals surface area contributed by atoms with Gasteiger partial charge in [0.15, 0.2) is 0 Å². The van der Waals surface area contributed by atoms with Crippen molar-refractivity contribution in [3.05, 3.63) is 18.2 Å². The molecule has 2 unspecified atom stereocenters. The smallest absolute Gasteiger partial charge is 0.326 e. The Kier molecular flexibility index (Phi) is 3.57. The summed E-state index contributed by atoms with van der Waals surface area (Å²) in [4.78, 5) is 31.5. The Balaban J connectivity index is 1.74. The van der Waals surface area contributed by atoms with Gasteiger partial charge in [-0.25, -0.2) is 14.6 Å². The van der Waals surface area contributed by atoms with Crippen molar-refractivity contribution in [2.24, 2.45) is 5.92 Å². The lowest BCUT2D eigenvalue weighted by atomic mass is 9.92. The third kappa shape index (κ3) is 2.59. The molecule has 114 valence electrons. The Bertz CT molecular complexity index is 556. The third-order valence-corrected chi connectivity index (χ3v) is 4.41. The summed E-state index contributed by atoms with van der Waals surface area (Å²) >= 11 is 0. The number of hydrogen-bond donors (Lipinski definition) is 1. The second kappa shape index (κ2) is 5.38. The van der Waals surface area contributed by atoms with Crippen molar-refractivity contribution in [3.8, 4) is 0 Å². The summed E-state index contributed by atoms with van der Waals surface area (Å²) in [5, 5.41) is 9.37. The van der Waals surface area contributed by atoms with E-state index in [2.05, 4.69) is 4.98 Å². The Morgan fingerprint density at radius 1 is 1.33 bits per heavy atom. The highest BCUT2D eigenvalue weighted by atomic mass is 16.4. The van der Waals surface area contributed by atoms with Gasteiger partial charge in [0.25, 0.3) is 0 Å². The molecule has 2 atom stereocenters. The number of carbonyl (C=O) groups is 2. The van der Waals surface area contributed by atoms with Gasteiger partial charge >= 0.3 is 12.0 Å². The third-order valence-electron chi connectivity index (χ3n) is 4.41. The van der Waals surface area contributed by atoms with Crippen LogP contribution in [0, 0.1) is 5.92 Å². The van der Waals surface area contributed by atoms with Crippen LogP contribution in [0.4, 0.5) is 4.79 Å². The minimum Gasteiger partial charge on any atom is -0.480 e. The number of likely N-dealkylation sites (tertiary alicyclic amines) is 1. The number of hydrogen-bond acceptors (Lipinski definition) is 3. The van der Waals surface area contributed by atoms with E-state index in [4.69, 9.17) is 0 Å². The van der Waals surface area contributed by atoms with Gasteiger partial charge in [0, 0.05) is 32.0 Å². The molecule has 1 fully saturated rings. The quantitative estimate of drug-likeness (QED) is 0.837. The lowest BCUT2D eigenvalue weighted by Gasteiger charge is -2.40. The molecule has 2 aliphatic heterocycles. The molecule has 0 radical (unpaired) electrons. The number of carbonyl (C=O) groups excluding carboxylic acids is 1. The first-order valence-electron chi connectivity index (χ1n) is 7.34. The Morgan fingerprint density at radius 3 is 2.90 bits per heavy atom. The van der Waals surface area contributed by atoms with E-state index in [0.29, 0.717) is 38.5 Å². The number of urea groups is 1. The minimum atomic E-state index is -0.909. The van der Waals surface area contributed by atoms with Crippen LogP contribution in [0.25, 0.3) is 0 Å². The lowest BCUT2D eigenvalue weighted by Crippen LogP contribution is -2.55. The molecule has 1 saturated heterocycles. The van der Waals surface area contributed by atoms with E-state index >= 15 is 0 Å². The van der Waals surface area contributed by atoms with E-state index in [1.807, 2.05) is 17.7 Å². The van der Waals surface area contributed by atoms with Crippen LogP contribution >= 0.6 is 0 Å². The van der Waals surface area contributed by atoms with Crippen LogP contribution in [-0.4, -0.2) is 55.6 Å². The van der Waals surface area contributed by atoms with Gasteiger partial charge < -0.3 is 19.5 Å². The van der Waals surface area contributed by atoms with Crippen LogP contribution in [0.1, 0.15) is 25.6 Å². The van der Waals surface area contributed by atoms with Crippen molar-refractivity contribution in [1.82, 2.24) is 19.4 Å². The van der Waals surface area contributed by atoms with Crippen molar-refractivity contribution >= 4 is 12.0 Å². The van der Waals surface area contributed by atoms with Gasteiger partial charge in [-0.3, -0.25) is 0 Å². The SMILES string of the molecule is CC1CCN(C(=O)N2CCn3ccnc3C2)C(C(=O)O)C1. The maximum absolute atomic E-state index is 12.7. The highest BCUT2D eigenvalue weighted by Crippen LogP contribution is 2.25. The molecule has 7 heteroatoms. The summed E-state index contributed by atoms with van der Waals surface area (Å²) in [5.41, 5.74) is 0. The second-order valence-corrected chi connectivity index (χ2v) is 5.92. The fourth-order valence-electron chi connectivity index (χ4n) is 3.12. The predicted molar refractivity (Wildman–Crippen MR) is 74.6 cm³/mol. The number of aliphatic carboxylic acids is 1. The van der Waals surface area contributed by atoms with E-state index in [0.717, 1.165) is 12.2 Å². The van der Waals surface area contributed by atoms with E-state index in [9.17, 15) is 14.7 Å². The van der Waals surface area contributed by atoms with Gasteiger partial charge in [-0.05, 0) is 18.8 Å². The van der Waals surface area contributed by atoms with Crippen molar-refractivity contribution in [3.63, 3.8) is 0 Å². The average Bonchev–Trinajstić information content (AvgIpc) is 2.93. The number of fused-ring (bicyclic) bond motifs is 1. The molecule has 0 saturated carbocycles. The van der Waals surface area contributed by atoms with E-state index in [1.165, 1.54) is 4.90 Å². The highest BCUT2D eigenvalue weighted by Gasteiger charge is 2.37. The van der Waals surface area contributed by atoms with Gasteiger partial charge in [0.2, 0.25) is 0 Å². The topological polar surface area (TPSA) is 78.7 Å². The zero-order valence-corrected chi connectivity index (χ0v) is 12.1. The lowest BCUT2D eigenvalue weighted by molar-refractivity contribution is -0.144. The first-order valence-corrected chi connectivity index (χ1v) is 7.34. The van der Waals surface area contributed by atoms with E-state index in [-0.39, 0.29) is 6.03 Å². The first kappa shape index (κ1) is 13.9. The fourth-order valence-corrected chi connectivity index (χ4v) is 3.12. The van der Waals surface area contributed by atoms with E-state index < -0.39 is 12.0 Å². The molecule has 1 aromatic rings. The van der Waals surface area contributed by atoms with Crippen LogP contribution in [-0.2, 0) is 17.9 Å². The Labute approximate surface area is 123 Å². The summed E-state index contributed by atoms with van der Waals surface area (Å²) in [5.74, 6) is 0.288. The van der Waals surface area contributed by atoms with Crippen molar-refractivity contribution in [1.29, 1.82) is 0 Å². The maximum atomic E-state index is 12.7. The van der Waals surface area contributed by atoms with Crippen molar-refractivity contribution in [2.75, 3.05) is 13.1 Å². The minimum absolute atomic E-state index is 0.177. The van der Waals surface area contributed by atoms with Crippen LogP contribution < -0.4 is 0 Å². The Hall–Kier alpha value is -2.05. The average molecular weight is 292 g/mol. The molecule has 1 N–H and O–H groups in total. The molecule has 0 aliphatic carbocycles. The molecule has 2 aliphatic rings. The molecule has 7 nitrogen and oxygen atoms in total. The standard InChI is InChI=1S/C14H20N4O3/c1-10-2-4-18(11(8-10)13(19)20)14(21)17-7-6-16-5-3-15-12(16)9-17/h3,5,10-11H,2,4,6-9H2,1H3,(H,19,20). The van der Waals surface area contributed by atoms with Crippen LogP contribution in [0.3, 0.4) is 0 Å². The number of imidazole rings is 1. The molecule has 3 heterocycles. The zero-order valence-electron chi connectivity index (χ0n) is 12.1. The number of nitrogens with zero attached hydrogens (tertiary/aromatic N) is 4. The zero-order chi connectivity index (χ0) is 15.0. The summed E-state index contributed by atoms with van der Waals surface area (Å²) in [6.07, 6.45) is 5.02. The maximum Gasteiger partial charge on any atom is 0.326 e. The molecule has 0 spiro atoms. The number of carboxylic acid groups (broad SMARTS) is 1. The summed E-state index contributed by atoms with van der Waals surface area (Å²) in [7, 11) is 0. The van der Waals surface area contributed by atoms with Crippen molar-refractivity contribution in [2.45, 2.75) is 38.9 Å². The summed E-state index contributed by atoms with van der Waals surface area (Å²) < 4.78 is 2.02. The molecular formula is C14H20N4O3. The van der Waals surface area contributed by atoms with Crippen LogP contribution in [0.15, 0.2) is 12.4 Å². The van der Waals surface area contributed by atoms with Gasteiger partial charge in [-0.1, -0.05) is 6.92 Å². The normalized spacial score (nSPS) is 25.6. The number of aromatic nitrogens is 2. The molecule has 1 aromatic heterocycles. The predicted octanol–water partition coefficient (Wildman–Crippen LogP) is 1.00. The molecule has 3 rings (SSSR count). The van der Waals surface area contributed by atoms with Gasteiger partial charge in [-0.15, -0.1) is 0 Å². The summed E-state index contributed by atoms with van der Waals surface area (Å²) in [6.45, 7) is 4.31. The second-order valence-electron chi connectivity index (χ2n) is 5.92. The molecule has 0 aromatic carbocycles. The number of piperidine rings is 1. The number of rotatable bonds is 1. The summed E-state index contributed by atoms with van der Waals surface area (Å²) in [6, 6.07) is -0.883. The molecular weight excluding hydrogens is 272 g/mol. The number of amides is 2. The monoisotopic (exact) mass is 292 g/mol. The van der Waals surface area contributed by atoms with Crippen LogP contribution in [0.5, 0.6) is 0 Å². The number of carboxylic acids is 1. The van der Waals surface area contributed by atoms with Gasteiger partial charge in [0.05, 0.1) is 6.54 Å². The largest absolute Gasteiger partial charge is 0.480 e. The fraction of sp³-hybridized carbons (Fsp3) is 0.643. The molecule has 2 amide bonds. The van der Waals surface area contributed by atoms with E-state index in [1.54, 1.807) is 11.1 Å². The van der Waals surface area contributed by atoms with Crippen molar-refractivity contribution < 1.29 is 14.7 Å². The van der Waals surface area contributed by atoms with Crippen LogP contribution in [0.2, 0.25) is 0 Å². The molecule has 0 bridgehead atoms. The first-order chi connectivity index (χ1) is 10.1. The Morgan fingerprint density at radius 2 is 2.14 bits per heavy atom. The van der Waals surface area contributed by atoms with Gasteiger partial charge in [-0.2, -0.15) is 0 Å².